The van der Waals surface area contributed by atoms with E-state index >= 15 is 0 Å². The van der Waals surface area contributed by atoms with Crippen LogP contribution in [0.1, 0.15) is 22.8 Å². The molecular formula is C16H15BrClNO2. The van der Waals surface area contributed by atoms with Crippen LogP contribution >= 0.6 is 27.5 Å². The minimum absolute atomic E-state index is 0.0770. The van der Waals surface area contributed by atoms with Crippen molar-refractivity contribution in [2.45, 2.75) is 12.5 Å². The number of halogens is 2. The van der Waals surface area contributed by atoms with Crippen molar-refractivity contribution in [3.63, 3.8) is 0 Å². The van der Waals surface area contributed by atoms with E-state index in [1.165, 1.54) is 6.07 Å². The summed E-state index contributed by atoms with van der Waals surface area (Å²) in [4.78, 5) is 12.4. The molecule has 0 bridgehead atoms. The van der Waals surface area contributed by atoms with Gasteiger partial charge in [0.1, 0.15) is 5.75 Å². The minimum atomic E-state index is -0.709. The van der Waals surface area contributed by atoms with E-state index in [4.69, 9.17) is 11.6 Å². The maximum absolute atomic E-state index is 12.4. The van der Waals surface area contributed by atoms with Gasteiger partial charge in [0.15, 0.2) is 0 Å². The van der Waals surface area contributed by atoms with Crippen molar-refractivity contribution in [3.05, 3.63) is 64.1 Å². The van der Waals surface area contributed by atoms with Crippen molar-refractivity contribution in [2.75, 3.05) is 5.88 Å². The van der Waals surface area contributed by atoms with Gasteiger partial charge in [-0.1, -0.05) is 46.3 Å². The third-order valence-corrected chi connectivity index (χ3v) is 4.30. The van der Waals surface area contributed by atoms with Gasteiger partial charge in [-0.05, 0) is 30.7 Å². The number of amides is 1. The van der Waals surface area contributed by atoms with Gasteiger partial charge in [0.05, 0.1) is 11.1 Å². The topological polar surface area (TPSA) is 49.3 Å². The number of hydrogen-bond donors (Lipinski definition) is 2. The van der Waals surface area contributed by atoms with Crippen LogP contribution in [0, 0.1) is 0 Å². The van der Waals surface area contributed by atoms with Crippen LogP contribution in [0.3, 0.4) is 0 Å². The summed E-state index contributed by atoms with van der Waals surface area (Å²) < 4.78 is 0.708. The number of benzene rings is 2. The Morgan fingerprint density at radius 3 is 2.52 bits per heavy atom. The summed E-state index contributed by atoms with van der Waals surface area (Å²) >= 11 is 9.30. The van der Waals surface area contributed by atoms with Gasteiger partial charge in [0.2, 0.25) is 0 Å². The first kappa shape index (κ1) is 15.9. The van der Waals surface area contributed by atoms with Crippen LogP contribution in [0.25, 0.3) is 0 Å². The van der Waals surface area contributed by atoms with Crippen molar-refractivity contribution in [1.82, 2.24) is 5.32 Å². The van der Waals surface area contributed by atoms with Gasteiger partial charge in [0, 0.05) is 10.4 Å². The quantitative estimate of drug-likeness (QED) is 0.800. The Kier molecular flexibility index (Phi) is 4.91. The van der Waals surface area contributed by atoms with Crippen LogP contribution < -0.4 is 5.32 Å². The molecule has 0 heterocycles. The van der Waals surface area contributed by atoms with Crippen LogP contribution in [0.4, 0.5) is 0 Å². The second-order valence-electron chi connectivity index (χ2n) is 4.95. The Balaban J connectivity index is 2.28. The maximum Gasteiger partial charge on any atom is 0.255 e. The number of aromatic hydroxyl groups is 1. The lowest BCUT2D eigenvalue weighted by atomic mass is 9.93. The summed E-state index contributed by atoms with van der Waals surface area (Å²) in [5, 5.41) is 12.8. The summed E-state index contributed by atoms with van der Waals surface area (Å²) in [6.45, 7) is 1.85. The highest BCUT2D eigenvalue weighted by atomic mass is 79.9. The van der Waals surface area contributed by atoms with Crippen molar-refractivity contribution < 1.29 is 9.90 Å². The van der Waals surface area contributed by atoms with E-state index in [0.29, 0.717) is 4.47 Å². The maximum atomic E-state index is 12.4. The number of carbonyl (C=O) groups is 1. The van der Waals surface area contributed by atoms with Gasteiger partial charge >= 0.3 is 0 Å². The summed E-state index contributed by atoms with van der Waals surface area (Å²) in [5.41, 5.74) is 0.412. The van der Waals surface area contributed by atoms with Crippen LogP contribution in [0.15, 0.2) is 53.0 Å². The Morgan fingerprint density at radius 2 is 1.95 bits per heavy atom. The Labute approximate surface area is 137 Å². The number of hydrogen-bond acceptors (Lipinski definition) is 2. The van der Waals surface area contributed by atoms with Crippen LogP contribution in [0.5, 0.6) is 5.75 Å². The molecule has 2 aromatic rings. The first-order valence-corrected chi connectivity index (χ1v) is 7.71. The molecule has 0 fully saturated rings. The fraction of sp³-hybridized carbons (Fsp3) is 0.188. The largest absolute Gasteiger partial charge is 0.507 e. The molecule has 0 saturated carbocycles. The van der Waals surface area contributed by atoms with E-state index in [0.717, 1.165) is 5.56 Å². The fourth-order valence-corrected chi connectivity index (χ4v) is 2.57. The molecule has 2 rings (SSSR count). The van der Waals surface area contributed by atoms with E-state index in [1.807, 2.05) is 37.3 Å². The molecule has 0 saturated heterocycles. The molecule has 0 aliphatic heterocycles. The highest BCUT2D eigenvalue weighted by Crippen LogP contribution is 2.26. The predicted octanol–water partition coefficient (Wildman–Crippen LogP) is 4.04. The van der Waals surface area contributed by atoms with Crippen molar-refractivity contribution in [3.8, 4) is 5.75 Å². The van der Waals surface area contributed by atoms with Crippen molar-refractivity contribution in [1.29, 1.82) is 0 Å². The Morgan fingerprint density at radius 1 is 1.29 bits per heavy atom. The van der Waals surface area contributed by atoms with Gasteiger partial charge in [-0.25, -0.2) is 0 Å². The fourth-order valence-electron chi connectivity index (χ4n) is 2.00. The third kappa shape index (κ3) is 3.57. The summed E-state index contributed by atoms with van der Waals surface area (Å²) in [7, 11) is 0. The summed E-state index contributed by atoms with van der Waals surface area (Å²) in [5.74, 6) is -0.223. The number of rotatable bonds is 4. The molecule has 0 aromatic heterocycles. The normalized spacial score (nSPS) is 13.5. The molecule has 0 radical (unpaired) electrons. The molecule has 0 aliphatic carbocycles. The zero-order chi connectivity index (χ0) is 15.5. The van der Waals surface area contributed by atoms with Gasteiger partial charge in [-0.2, -0.15) is 0 Å². The first-order chi connectivity index (χ1) is 9.96. The van der Waals surface area contributed by atoms with Gasteiger partial charge in [-0.3, -0.25) is 4.79 Å². The van der Waals surface area contributed by atoms with Crippen LogP contribution in [0.2, 0.25) is 0 Å². The summed E-state index contributed by atoms with van der Waals surface area (Å²) in [6, 6.07) is 14.3. The van der Waals surface area contributed by atoms with Gasteiger partial charge in [0.25, 0.3) is 5.91 Å². The van der Waals surface area contributed by atoms with E-state index in [9.17, 15) is 9.90 Å². The number of phenols is 1. The van der Waals surface area contributed by atoms with Crippen LogP contribution in [-0.4, -0.2) is 16.9 Å². The van der Waals surface area contributed by atoms with E-state index in [1.54, 1.807) is 12.1 Å². The molecule has 2 N–H and O–H groups in total. The molecule has 0 spiro atoms. The van der Waals surface area contributed by atoms with Crippen molar-refractivity contribution >= 4 is 33.4 Å². The van der Waals surface area contributed by atoms with E-state index in [-0.39, 0.29) is 23.1 Å². The number of phenolic OH excluding ortho intramolecular Hbond substituents is 1. The number of alkyl halides is 1. The molecule has 1 unspecified atom stereocenters. The average Bonchev–Trinajstić information content (AvgIpc) is 2.47. The lowest BCUT2D eigenvalue weighted by molar-refractivity contribution is 0.0910. The second kappa shape index (κ2) is 6.50. The molecule has 21 heavy (non-hydrogen) atoms. The molecule has 2 aromatic carbocycles. The second-order valence-corrected chi connectivity index (χ2v) is 6.13. The Bertz CT molecular complexity index is 648. The number of nitrogens with one attached hydrogen (secondary N) is 1. The van der Waals surface area contributed by atoms with Crippen molar-refractivity contribution in [2.24, 2.45) is 0 Å². The SMILES string of the molecule is CC(CCl)(NC(=O)c1ccc(Br)cc1O)c1ccccc1. The molecule has 5 heteroatoms. The molecule has 3 nitrogen and oxygen atoms in total. The zero-order valence-electron chi connectivity index (χ0n) is 11.4. The van der Waals surface area contributed by atoms with Crippen LogP contribution in [-0.2, 0) is 5.54 Å². The zero-order valence-corrected chi connectivity index (χ0v) is 13.8. The molecule has 0 aliphatic rings. The predicted molar refractivity (Wildman–Crippen MR) is 87.8 cm³/mol. The smallest absolute Gasteiger partial charge is 0.255 e. The number of carbonyl (C=O) groups excluding carboxylic acids is 1. The standard InChI is InChI=1S/C16H15BrClNO2/c1-16(10-18,11-5-3-2-4-6-11)19-15(21)13-8-7-12(17)9-14(13)20/h2-9,20H,10H2,1H3,(H,19,21). The highest BCUT2D eigenvalue weighted by molar-refractivity contribution is 9.10. The van der Waals surface area contributed by atoms with E-state index < -0.39 is 5.54 Å². The average molecular weight is 369 g/mol. The third-order valence-electron chi connectivity index (χ3n) is 3.27. The highest BCUT2D eigenvalue weighted by Gasteiger charge is 2.28. The minimum Gasteiger partial charge on any atom is -0.507 e. The van der Waals surface area contributed by atoms with Gasteiger partial charge in [-0.15, -0.1) is 11.6 Å². The Hall–Kier alpha value is -1.52. The lowest BCUT2D eigenvalue weighted by Gasteiger charge is -2.29. The monoisotopic (exact) mass is 367 g/mol. The van der Waals surface area contributed by atoms with Gasteiger partial charge < -0.3 is 10.4 Å². The summed E-state index contributed by atoms with van der Waals surface area (Å²) in [6.07, 6.45) is 0. The molecule has 110 valence electrons. The first-order valence-electron chi connectivity index (χ1n) is 6.39. The molecular weight excluding hydrogens is 354 g/mol. The van der Waals surface area contributed by atoms with E-state index in [2.05, 4.69) is 21.2 Å². The lowest BCUT2D eigenvalue weighted by Crippen LogP contribution is -2.45. The molecule has 1 amide bonds. The molecule has 1 atom stereocenters.